The van der Waals surface area contributed by atoms with Gasteiger partial charge in [0.1, 0.15) is 10.6 Å². The Kier molecular flexibility index (Phi) is 8.11. The summed E-state index contributed by atoms with van der Waals surface area (Å²) in [5.74, 6) is 1.15. The molecule has 2 aromatic rings. The smallest absolute Gasteiger partial charge is 0.319 e. The van der Waals surface area contributed by atoms with E-state index in [1.807, 2.05) is 18.2 Å². The van der Waals surface area contributed by atoms with Crippen molar-refractivity contribution in [1.82, 2.24) is 15.3 Å². The van der Waals surface area contributed by atoms with E-state index in [1.165, 1.54) is 6.26 Å². The van der Waals surface area contributed by atoms with Crippen molar-refractivity contribution in [2.75, 3.05) is 49.4 Å². The third-order valence-electron chi connectivity index (χ3n) is 6.98. The Hall–Kier alpha value is -2.76. The summed E-state index contributed by atoms with van der Waals surface area (Å²) in [6.45, 7) is 4.28. The van der Waals surface area contributed by atoms with E-state index in [0.717, 1.165) is 18.4 Å². The summed E-state index contributed by atoms with van der Waals surface area (Å²) >= 11 is 0. The van der Waals surface area contributed by atoms with Crippen molar-refractivity contribution < 1.29 is 23.1 Å². The van der Waals surface area contributed by atoms with Gasteiger partial charge in [-0.25, -0.2) is 23.2 Å². The van der Waals surface area contributed by atoms with E-state index in [1.54, 1.807) is 12.1 Å². The Bertz CT molecular complexity index is 1170. The third-order valence-corrected chi connectivity index (χ3v) is 9.02. The zero-order valence-corrected chi connectivity index (χ0v) is 21.7. The van der Waals surface area contributed by atoms with Crippen LogP contribution in [0.2, 0.25) is 0 Å². The molecule has 0 bridgehead atoms. The molecule has 1 aromatic carbocycles. The number of benzene rings is 1. The number of anilines is 2. The molecule has 1 atom stereocenters. The maximum absolute atomic E-state index is 13.0. The number of morpholine rings is 1. The van der Waals surface area contributed by atoms with Crippen LogP contribution in [-0.2, 0) is 19.3 Å². The number of hydrogen-bond acceptors (Lipinski definition) is 8. The first-order valence-corrected chi connectivity index (χ1v) is 14.3. The molecule has 1 aromatic heterocycles. The van der Waals surface area contributed by atoms with Gasteiger partial charge in [0.2, 0.25) is 0 Å². The topological polar surface area (TPSA) is 134 Å². The molecule has 3 N–H and O–H groups in total. The van der Waals surface area contributed by atoms with E-state index in [9.17, 15) is 13.2 Å². The number of sulfone groups is 1. The summed E-state index contributed by atoms with van der Waals surface area (Å²) in [6.07, 6.45) is 4.58. The van der Waals surface area contributed by atoms with Crippen LogP contribution in [0.4, 0.5) is 16.3 Å². The van der Waals surface area contributed by atoms with Gasteiger partial charge < -0.3 is 25.4 Å². The summed E-state index contributed by atoms with van der Waals surface area (Å²) in [5.41, 5.74) is 1.88. The number of ether oxygens (including phenoxy) is 1. The van der Waals surface area contributed by atoms with Gasteiger partial charge >= 0.3 is 6.03 Å². The minimum absolute atomic E-state index is 0.0138. The lowest BCUT2D eigenvalue weighted by molar-refractivity contribution is 0.0985. The first-order valence-electron chi connectivity index (χ1n) is 12.4. The number of aliphatic hydroxyl groups excluding tert-OH is 1. The van der Waals surface area contributed by atoms with Crippen LogP contribution in [0.1, 0.15) is 44.7 Å². The average Bonchev–Trinajstić information content (AvgIpc) is 3.37. The van der Waals surface area contributed by atoms with Crippen LogP contribution in [0.5, 0.6) is 0 Å². The molecule has 2 fully saturated rings. The summed E-state index contributed by atoms with van der Waals surface area (Å²) in [4.78, 5) is 23.8. The van der Waals surface area contributed by atoms with Crippen molar-refractivity contribution >= 4 is 27.4 Å². The molecule has 1 saturated heterocycles. The second kappa shape index (κ2) is 11.1. The highest BCUT2D eigenvalue weighted by molar-refractivity contribution is 7.91. The number of nitrogens with zero attached hydrogens (tertiary/aromatic N) is 3. The molecule has 4 rings (SSSR count). The Morgan fingerprint density at radius 1 is 1.22 bits per heavy atom. The number of carbonyl (C=O) groups excluding carboxylic acids is 1. The SMILES string of the molecule is C[C@H]1COCCN1c1cc(C2(S(C)(=O)=O)CCCC2)nc(-c2ccc(NC(=O)NCCCO)cc2)n1. The first kappa shape index (κ1) is 26.3. The van der Waals surface area contributed by atoms with Crippen LogP contribution in [-0.4, -0.2) is 74.7 Å². The van der Waals surface area contributed by atoms with Crippen LogP contribution in [0, 0.1) is 0 Å². The van der Waals surface area contributed by atoms with E-state index in [-0.39, 0.29) is 18.7 Å². The van der Waals surface area contributed by atoms with Gasteiger partial charge in [0.25, 0.3) is 0 Å². The fourth-order valence-electron chi connectivity index (χ4n) is 4.93. The molecular formula is C25H35N5O5S. The molecule has 196 valence electrons. The minimum Gasteiger partial charge on any atom is -0.396 e. The number of nitrogens with one attached hydrogen (secondary N) is 2. The molecule has 1 saturated carbocycles. The molecular weight excluding hydrogens is 482 g/mol. The Morgan fingerprint density at radius 3 is 2.58 bits per heavy atom. The predicted molar refractivity (Wildman–Crippen MR) is 139 cm³/mol. The second-order valence-electron chi connectivity index (χ2n) is 9.56. The molecule has 2 aliphatic rings. The number of aliphatic hydroxyl groups is 1. The zero-order chi connectivity index (χ0) is 25.8. The van der Waals surface area contributed by atoms with E-state index in [4.69, 9.17) is 19.8 Å². The molecule has 0 unspecified atom stereocenters. The molecule has 10 nitrogen and oxygen atoms in total. The highest BCUT2D eigenvalue weighted by atomic mass is 32.2. The molecule has 1 aliphatic carbocycles. The number of rotatable bonds is 8. The number of carbonyl (C=O) groups is 1. The van der Waals surface area contributed by atoms with Gasteiger partial charge in [-0.3, -0.25) is 0 Å². The molecule has 0 spiro atoms. The maximum atomic E-state index is 13.0. The summed E-state index contributed by atoms with van der Waals surface area (Å²) in [6, 6.07) is 8.75. The lowest BCUT2D eigenvalue weighted by Crippen LogP contribution is -2.44. The van der Waals surface area contributed by atoms with E-state index in [2.05, 4.69) is 22.5 Å². The molecule has 11 heteroatoms. The van der Waals surface area contributed by atoms with E-state index < -0.39 is 14.6 Å². The summed E-state index contributed by atoms with van der Waals surface area (Å²) < 4.78 is 30.7. The second-order valence-corrected chi connectivity index (χ2v) is 11.9. The lowest BCUT2D eigenvalue weighted by Gasteiger charge is -2.35. The largest absolute Gasteiger partial charge is 0.396 e. The van der Waals surface area contributed by atoms with Gasteiger partial charge in [0.05, 0.1) is 24.9 Å². The van der Waals surface area contributed by atoms with Crippen LogP contribution >= 0.6 is 0 Å². The van der Waals surface area contributed by atoms with Crippen molar-refractivity contribution in [1.29, 1.82) is 0 Å². The molecule has 2 amide bonds. The predicted octanol–water partition coefficient (Wildman–Crippen LogP) is 2.69. The maximum Gasteiger partial charge on any atom is 0.319 e. The van der Waals surface area contributed by atoms with E-state index in [0.29, 0.717) is 68.6 Å². The van der Waals surface area contributed by atoms with Gasteiger partial charge in [-0.1, -0.05) is 12.8 Å². The highest BCUT2D eigenvalue weighted by Gasteiger charge is 2.47. The van der Waals surface area contributed by atoms with Crippen LogP contribution in [0.15, 0.2) is 30.3 Å². The number of hydrogen-bond donors (Lipinski definition) is 3. The molecule has 2 heterocycles. The van der Waals surface area contributed by atoms with Crippen molar-refractivity contribution in [3.63, 3.8) is 0 Å². The van der Waals surface area contributed by atoms with Crippen molar-refractivity contribution in [3.8, 4) is 11.4 Å². The van der Waals surface area contributed by atoms with Gasteiger partial charge in [0.15, 0.2) is 15.7 Å². The zero-order valence-electron chi connectivity index (χ0n) is 20.9. The van der Waals surface area contributed by atoms with Gasteiger partial charge in [-0.15, -0.1) is 0 Å². The number of urea groups is 1. The lowest BCUT2D eigenvalue weighted by atomic mass is 10.0. The van der Waals surface area contributed by atoms with Crippen LogP contribution in [0.3, 0.4) is 0 Å². The van der Waals surface area contributed by atoms with Crippen molar-refractivity contribution in [2.24, 2.45) is 0 Å². The quantitative estimate of drug-likeness (QED) is 0.455. The summed E-state index contributed by atoms with van der Waals surface area (Å²) in [5, 5.41) is 14.3. The Balaban J connectivity index is 1.69. The molecule has 1 aliphatic heterocycles. The number of amides is 2. The van der Waals surface area contributed by atoms with Gasteiger partial charge in [-0.05, 0) is 50.5 Å². The third kappa shape index (κ3) is 5.63. The minimum atomic E-state index is -3.41. The summed E-state index contributed by atoms with van der Waals surface area (Å²) in [7, 11) is -3.41. The molecule has 36 heavy (non-hydrogen) atoms. The van der Waals surface area contributed by atoms with Crippen LogP contribution in [0.25, 0.3) is 11.4 Å². The standard InChI is InChI=1S/C25H35N5O5S/c1-18-17-35-15-13-30(18)22-16-21(25(36(2,33)34)10-3-4-11-25)28-23(29-22)19-6-8-20(9-7-19)27-24(32)26-12-5-14-31/h6-9,16,18,31H,3-5,10-15,17H2,1-2H3,(H2,26,27,32)/t18-/m0/s1. The van der Waals surface area contributed by atoms with Crippen LogP contribution < -0.4 is 15.5 Å². The highest BCUT2D eigenvalue weighted by Crippen LogP contribution is 2.45. The first-order chi connectivity index (χ1) is 17.2. The normalized spacial score (nSPS) is 19.8. The monoisotopic (exact) mass is 517 g/mol. The van der Waals surface area contributed by atoms with Gasteiger partial charge in [0, 0.05) is 43.3 Å². The molecule has 0 radical (unpaired) electrons. The Labute approximate surface area is 212 Å². The van der Waals surface area contributed by atoms with Crippen molar-refractivity contribution in [3.05, 3.63) is 36.0 Å². The van der Waals surface area contributed by atoms with Crippen molar-refractivity contribution in [2.45, 2.75) is 49.8 Å². The van der Waals surface area contributed by atoms with E-state index >= 15 is 0 Å². The van der Waals surface area contributed by atoms with Gasteiger partial charge in [-0.2, -0.15) is 0 Å². The fourth-order valence-corrected chi connectivity index (χ4v) is 6.45. The fraction of sp³-hybridized carbons (Fsp3) is 0.560. The average molecular weight is 518 g/mol. The Morgan fingerprint density at radius 2 is 1.94 bits per heavy atom. The number of aromatic nitrogens is 2.